The first kappa shape index (κ1) is 14.2. The van der Waals surface area contributed by atoms with Crippen LogP contribution in [0, 0.1) is 5.82 Å². The number of nitrogens with one attached hydrogen (secondary N) is 1. The second-order valence-corrected chi connectivity index (χ2v) is 5.84. The third-order valence-corrected chi connectivity index (χ3v) is 4.07. The summed E-state index contributed by atoms with van der Waals surface area (Å²) in [5.74, 6) is -0.845. The minimum Gasteiger partial charge on any atom is -0.399 e. The third-order valence-electron chi connectivity index (χ3n) is 2.63. The normalized spacial score (nSPS) is 20.4. The van der Waals surface area contributed by atoms with Crippen LogP contribution in [0.4, 0.5) is 10.1 Å². The molecule has 1 saturated heterocycles. The van der Waals surface area contributed by atoms with Crippen molar-refractivity contribution >= 4 is 15.7 Å². The Bertz CT molecular complexity index is 544. The average Bonchev–Trinajstić information content (AvgIpc) is 2.40. The molecule has 0 saturated carbocycles. The van der Waals surface area contributed by atoms with Gasteiger partial charge in [-0.25, -0.2) is 17.5 Å². The van der Waals surface area contributed by atoms with E-state index >= 15 is 0 Å². The van der Waals surface area contributed by atoms with E-state index < -0.39 is 20.7 Å². The van der Waals surface area contributed by atoms with Gasteiger partial charge in [-0.2, -0.15) is 0 Å². The van der Waals surface area contributed by atoms with E-state index in [1.54, 1.807) is 0 Å². The summed E-state index contributed by atoms with van der Waals surface area (Å²) in [6.07, 6.45) is -0.368. The summed E-state index contributed by atoms with van der Waals surface area (Å²) >= 11 is 0. The van der Waals surface area contributed by atoms with Crippen molar-refractivity contribution in [3.63, 3.8) is 0 Å². The van der Waals surface area contributed by atoms with E-state index in [1.807, 2.05) is 0 Å². The molecule has 1 aliphatic rings. The van der Waals surface area contributed by atoms with E-state index in [1.165, 1.54) is 6.07 Å². The molecule has 0 spiro atoms. The molecule has 19 heavy (non-hydrogen) atoms. The number of rotatable bonds is 4. The Morgan fingerprint density at radius 1 is 1.42 bits per heavy atom. The van der Waals surface area contributed by atoms with Gasteiger partial charge in [0.15, 0.2) is 0 Å². The number of ether oxygens (including phenoxy) is 2. The molecule has 1 fully saturated rings. The van der Waals surface area contributed by atoms with Crippen LogP contribution in [-0.2, 0) is 19.5 Å². The highest BCUT2D eigenvalue weighted by Crippen LogP contribution is 2.17. The molecule has 6 nitrogen and oxygen atoms in total. The second kappa shape index (κ2) is 5.83. The Hall–Kier alpha value is -1.22. The highest BCUT2D eigenvalue weighted by Gasteiger charge is 2.22. The van der Waals surface area contributed by atoms with E-state index in [4.69, 9.17) is 15.2 Å². The van der Waals surface area contributed by atoms with Crippen LogP contribution in [0.3, 0.4) is 0 Å². The van der Waals surface area contributed by atoms with Crippen molar-refractivity contribution in [2.24, 2.45) is 0 Å². The molecule has 2 rings (SSSR count). The molecule has 1 aromatic carbocycles. The maximum atomic E-state index is 13.5. The number of nitrogens with two attached hydrogens (primary N) is 1. The van der Waals surface area contributed by atoms with Gasteiger partial charge in [0.2, 0.25) is 10.0 Å². The van der Waals surface area contributed by atoms with E-state index in [0.717, 1.165) is 12.1 Å². The molecule has 0 bridgehead atoms. The van der Waals surface area contributed by atoms with Gasteiger partial charge in [-0.05, 0) is 18.2 Å². The summed E-state index contributed by atoms with van der Waals surface area (Å²) in [5, 5.41) is 0. The summed E-state index contributed by atoms with van der Waals surface area (Å²) in [4.78, 5) is -0.468. The lowest BCUT2D eigenvalue weighted by molar-refractivity contribution is -0.0847. The lowest BCUT2D eigenvalue weighted by atomic mass is 10.3. The van der Waals surface area contributed by atoms with Crippen LogP contribution in [0.15, 0.2) is 23.1 Å². The highest BCUT2D eigenvalue weighted by molar-refractivity contribution is 7.89. The Labute approximate surface area is 110 Å². The van der Waals surface area contributed by atoms with Crippen molar-refractivity contribution in [2.75, 3.05) is 32.1 Å². The summed E-state index contributed by atoms with van der Waals surface area (Å²) in [5.41, 5.74) is 5.64. The standard InChI is InChI=1S/C11H15FN2O4S/c12-10-2-1-8(13)5-11(10)19(15,16)14-6-9-7-17-3-4-18-9/h1-2,5,9,14H,3-4,6-7,13H2. The first-order chi connectivity index (χ1) is 8.99. The molecule has 8 heteroatoms. The minimum atomic E-state index is -3.95. The summed E-state index contributed by atoms with van der Waals surface area (Å²) in [6.45, 7) is 1.24. The minimum absolute atomic E-state index is 0.0244. The van der Waals surface area contributed by atoms with Gasteiger partial charge < -0.3 is 15.2 Å². The number of halogens is 1. The molecular weight excluding hydrogens is 275 g/mol. The van der Waals surface area contributed by atoms with Crippen LogP contribution in [-0.4, -0.2) is 40.9 Å². The number of nitrogen functional groups attached to an aromatic ring is 1. The SMILES string of the molecule is Nc1ccc(F)c(S(=O)(=O)NCC2COCCO2)c1. The molecule has 1 atom stereocenters. The van der Waals surface area contributed by atoms with Gasteiger partial charge in [0.05, 0.1) is 25.9 Å². The smallest absolute Gasteiger partial charge is 0.243 e. The van der Waals surface area contributed by atoms with E-state index in [9.17, 15) is 12.8 Å². The number of sulfonamides is 1. The van der Waals surface area contributed by atoms with Crippen LogP contribution in [0.25, 0.3) is 0 Å². The molecule has 106 valence electrons. The fourth-order valence-corrected chi connectivity index (χ4v) is 2.84. The molecule has 0 radical (unpaired) electrons. The second-order valence-electron chi connectivity index (χ2n) is 4.11. The van der Waals surface area contributed by atoms with Crippen molar-refractivity contribution < 1.29 is 22.3 Å². The predicted octanol–water partition coefficient (Wildman–Crippen LogP) is 0.102. The number of benzene rings is 1. The van der Waals surface area contributed by atoms with Crippen molar-refractivity contribution in [2.45, 2.75) is 11.0 Å². The summed E-state index contributed by atoms with van der Waals surface area (Å²) < 4.78 is 50.1. The molecule has 1 heterocycles. The fraction of sp³-hybridized carbons (Fsp3) is 0.455. The number of hydrogen-bond acceptors (Lipinski definition) is 5. The monoisotopic (exact) mass is 290 g/mol. The molecule has 0 aromatic heterocycles. The lowest BCUT2D eigenvalue weighted by Crippen LogP contribution is -2.39. The largest absolute Gasteiger partial charge is 0.399 e. The van der Waals surface area contributed by atoms with Crippen molar-refractivity contribution in [1.82, 2.24) is 4.72 Å². The van der Waals surface area contributed by atoms with Gasteiger partial charge in [0.1, 0.15) is 10.7 Å². The van der Waals surface area contributed by atoms with Gasteiger partial charge in [-0.1, -0.05) is 0 Å². The topological polar surface area (TPSA) is 90.7 Å². The quantitative estimate of drug-likeness (QED) is 0.768. The third kappa shape index (κ3) is 3.63. The van der Waals surface area contributed by atoms with E-state index in [0.29, 0.717) is 19.8 Å². The highest BCUT2D eigenvalue weighted by atomic mass is 32.2. The molecule has 1 unspecified atom stereocenters. The number of anilines is 1. The summed E-state index contributed by atoms with van der Waals surface area (Å²) in [7, 11) is -3.95. The van der Waals surface area contributed by atoms with Gasteiger partial charge in [-0.15, -0.1) is 0 Å². The Balaban J connectivity index is 2.07. The molecule has 0 aliphatic carbocycles. The maximum Gasteiger partial charge on any atom is 0.243 e. The van der Waals surface area contributed by atoms with E-state index in [2.05, 4.69) is 4.72 Å². The maximum absolute atomic E-state index is 13.5. The first-order valence-electron chi connectivity index (χ1n) is 5.73. The predicted molar refractivity (Wildman–Crippen MR) is 66.6 cm³/mol. The van der Waals surface area contributed by atoms with Gasteiger partial charge in [0, 0.05) is 12.2 Å². The molecular formula is C11H15FN2O4S. The van der Waals surface area contributed by atoms with Gasteiger partial charge >= 0.3 is 0 Å². The first-order valence-corrected chi connectivity index (χ1v) is 7.21. The molecule has 0 amide bonds. The van der Waals surface area contributed by atoms with Crippen LogP contribution >= 0.6 is 0 Å². The zero-order valence-electron chi connectivity index (χ0n) is 10.1. The van der Waals surface area contributed by atoms with Crippen molar-refractivity contribution in [3.05, 3.63) is 24.0 Å². The Morgan fingerprint density at radius 2 is 2.21 bits per heavy atom. The number of hydrogen-bond donors (Lipinski definition) is 2. The van der Waals surface area contributed by atoms with Gasteiger partial charge in [0.25, 0.3) is 0 Å². The van der Waals surface area contributed by atoms with Crippen molar-refractivity contribution in [1.29, 1.82) is 0 Å². The fourth-order valence-electron chi connectivity index (χ4n) is 1.66. The average molecular weight is 290 g/mol. The molecule has 3 N–H and O–H groups in total. The van der Waals surface area contributed by atoms with E-state index in [-0.39, 0.29) is 18.3 Å². The Morgan fingerprint density at radius 3 is 2.89 bits per heavy atom. The Kier molecular flexibility index (Phi) is 4.35. The lowest BCUT2D eigenvalue weighted by Gasteiger charge is -2.23. The zero-order valence-corrected chi connectivity index (χ0v) is 11.0. The van der Waals surface area contributed by atoms with Crippen LogP contribution < -0.4 is 10.5 Å². The zero-order chi connectivity index (χ0) is 13.9. The van der Waals surface area contributed by atoms with Crippen LogP contribution in [0.1, 0.15) is 0 Å². The van der Waals surface area contributed by atoms with Crippen LogP contribution in [0.2, 0.25) is 0 Å². The summed E-state index contributed by atoms with van der Waals surface area (Å²) in [6, 6.07) is 3.40. The van der Waals surface area contributed by atoms with Crippen LogP contribution in [0.5, 0.6) is 0 Å². The molecule has 1 aromatic rings. The molecule has 1 aliphatic heterocycles. The van der Waals surface area contributed by atoms with Gasteiger partial charge in [-0.3, -0.25) is 0 Å². The van der Waals surface area contributed by atoms with Crippen molar-refractivity contribution in [3.8, 4) is 0 Å².